The zero-order chi connectivity index (χ0) is 16.3. The molecule has 0 aliphatic carbocycles. The lowest BCUT2D eigenvalue weighted by Crippen LogP contribution is -2.36. The molecule has 1 aromatic carbocycles. The molecular weight excluding hydrogens is 288 g/mol. The van der Waals surface area contributed by atoms with Crippen LogP contribution < -0.4 is 5.32 Å². The molecule has 0 amide bonds. The molecule has 0 aromatic heterocycles. The van der Waals surface area contributed by atoms with Crippen LogP contribution in [0.5, 0.6) is 0 Å². The third-order valence-electron chi connectivity index (χ3n) is 4.77. The van der Waals surface area contributed by atoms with E-state index in [1.807, 2.05) is 0 Å². The normalized spacial score (nSPS) is 25.5. The maximum Gasteiger partial charge on any atom is 0.0471 e. The highest BCUT2D eigenvalue weighted by atomic mass is 16.3. The van der Waals surface area contributed by atoms with Crippen molar-refractivity contribution in [2.75, 3.05) is 39.4 Å². The highest BCUT2D eigenvalue weighted by Crippen LogP contribution is 2.17. The van der Waals surface area contributed by atoms with Crippen molar-refractivity contribution in [1.82, 2.24) is 10.2 Å². The Balaban J connectivity index is 0.000000203. The number of hydrogen-bond donors (Lipinski definition) is 3. The van der Waals surface area contributed by atoms with Crippen molar-refractivity contribution in [2.24, 2.45) is 11.8 Å². The first-order valence-corrected chi connectivity index (χ1v) is 9.00. The summed E-state index contributed by atoms with van der Waals surface area (Å²) in [7, 11) is 0. The molecule has 0 spiro atoms. The van der Waals surface area contributed by atoms with Crippen LogP contribution in [0.2, 0.25) is 0 Å². The maximum absolute atomic E-state index is 9.15. The quantitative estimate of drug-likeness (QED) is 0.793. The van der Waals surface area contributed by atoms with Crippen LogP contribution in [0.4, 0.5) is 0 Å². The Labute approximate surface area is 140 Å². The highest BCUT2D eigenvalue weighted by Gasteiger charge is 2.18. The first-order valence-electron chi connectivity index (χ1n) is 9.00. The fourth-order valence-electron chi connectivity index (χ4n) is 3.37. The van der Waals surface area contributed by atoms with Gasteiger partial charge in [0.15, 0.2) is 0 Å². The monoisotopic (exact) mass is 320 g/mol. The topological polar surface area (TPSA) is 55.7 Å². The van der Waals surface area contributed by atoms with Crippen LogP contribution in [0.1, 0.15) is 31.2 Å². The lowest BCUT2D eigenvalue weighted by molar-refractivity contribution is 0.116. The van der Waals surface area contributed by atoms with Gasteiger partial charge in [0.1, 0.15) is 0 Å². The molecular formula is C19H32N2O2. The van der Waals surface area contributed by atoms with Crippen LogP contribution in [0.25, 0.3) is 0 Å². The van der Waals surface area contributed by atoms with Crippen molar-refractivity contribution in [1.29, 1.82) is 0 Å². The Morgan fingerprint density at radius 2 is 1.74 bits per heavy atom. The van der Waals surface area contributed by atoms with Crippen molar-refractivity contribution >= 4 is 0 Å². The van der Waals surface area contributed by atoms with E-state index in [0.717, 1.165) is 26.2 Å². The van der Waals surface area contributed by atoms with Gasteiger partial charge in [-0.05, 0) is 56.2 Å². The van der Waals surface area contributed by atoms with Gasteiger partial charge in [-0.25, -0.2) is 0 Å². The predicted octanol–water partition coefficient (Wildman–Crippen LogP) is 1.87. The van der Waals surface area contributed by atoms with Gasteiger partial charge in [0.05, 0.1) is 0 Å². The van der Waals surface area contributed by atoms with Crippen molar-refractivity contribution in [2.45, 2.75) is 32.2 Å². The van der Waals surface area contributed by atoms with Crippen molar-refractivity contribution in [3.05, 3.63) is 35.9 Å². The number of nitrogens with one attached hydrogen (secondary N) is 1. The second-order valence-corrected chi connectivity index (χ2v) is 6.81. The van der Waals surface area contributed by atoms with Gasteiger partial charge in [0, 0.05) is 32.8 Å². The molecule has 0 radical (unpaired) electrons. The molecule has 0 saturated carbocycles. The minimum atomic E-state index is 0.339. The zero-order valence-corrected chi connectivity index (χ0v) is 14.2. The molecule has 2 aliphatic heterocycles. The maximum atomic E-state index is 9.15. The summed E-state index contributed by atoms with van der Waals surface area (Å²) in [4.78, 5) is 2.44. The zero-order valence-electron chi connectivity index (χ0n) is 14.2. The van der Waals surface area contributed by atoms with Crippen LogP contribution in [-0.2, 0) is 6.54 Å². The van der Waals surface area contributed by atoms with Crippen molar-refractivity contribution in [3.63, 3.8) is 0 Å². The number of nitrogens with zero attached hydrogens (tertiary/aromatic N) is 1. The number of hydrogen-bond acceptors (Lipinski definition) is 4. The van der Waals surface area contributed by atoms with E-state index in [-0.39, 0.29) is 0 Å². The van der Waals surface area contributed by atoms with Gasteiger partial charge in [-0.3, -0.25) is 4.90 Å². The summed E-state index contributed by atoms with van der Waals surface area (Å²) in [6.07, 6.45) is 4.83. The Kier molecular flexibility index (Phi) is 8.61. The fourth-order valence-corrected chi connectivity index (χ4v) is 3.37. The Hall–Kier alpha value is -0.940. The molecule has 2 fully saturated rings. The average molecular weight is 320 g/mol. The molecule has 130 valence electrons. The third kappa shape index (κ3) is 7.00. The van der Waals surface area contributed by atoms with E-state index in [2.05, 4.69) is 40.5 Å². The van der Waals surface area contributed by atoms with Crippen LogP contribution >= 0.6 is 0 Å². The van der Waals surface area contributed by atoms with Crippen LogP contribution in [0, 0.1) is 11.8 Å². The molecule has 4 heteroatoms. The van der Waals surface area contributed by atoms with E-state index < -0.39 is 0 Å². The second kappa shape index (κ2) is 10.8. The van der Waals surface area contributed by atoms with Gasteiger partial charge in [0.25, 0.3) is 0 Å². The molecule has 0 bridgehead atoms. The highest BCUT2D eigenvalue weighted by molar-refractivity contribution is 5.14. The van der Waals surface area contributed by atoms with Crippen LogP contribution in [0.15, 0.2) is 30.3 Å². The first-order chi connectivity index (χ1) is 11.3. The standard InChI is InChI=1S/C13H19NO.C6H13NO/c15-11-13-7-4-8-14(10-13)9-12-5-2-1-3-6-12;8-5-6-2-1-3-7-4-6/h1-3,5-6,13,15H,4,7-11H2;6-8H,1-5H2. The Morgan fingerprint density at radius 1 is 1.00 bits per heavy atom. The Bertz CT molecular complexity index is 407. The SMILES string of the molecule is OCC1CCCN(Cc2ccccc2)C1.OCC1CCCNC1. The molecule has 23 heavy (non-hydrogen) atoms. The molecule has 2 aliphatic rings. The third-order valence-corrected chi connectivity index (χ3v) is 4.77. The first kappa shape index (κ1) is 18.4. The van der Waals surface area contributed by atoms with Gasteiger partial charge in [-0.2, -0.15) is 0 Å². The lowest BCUT2D eigenvalue weighted by Gasteiger charge is -2.31. The number of likely N-dealkylation sites (tertiary alicyclic amines) is 1. The second-order valence-electron chi connectivity index (χ2n) is 6.81. The summed E-state index contributed by atoms with van der Waals surface area (Å²) in [5.74, 6) is 1.02. The lowest BCUT2D eigenvalue weighted by atomic mass is 9.98. The van der Waals surface area contributed by atoms with Crippen molar-refractivity contribution < 1.29 is 10.2 Å². The molecule has 3 N–H and O–H groups in total. The van der Waals surface area contributed by atoms with Gasteiger partial charge in [0.2, 0.25) is 0 Å². The van der Waals surface area contributed by atoms with Crippen LogP contribution in [0.3, 0.4) is 0 Å². The number of piperidine rings is 2. The number of aliphatic hydroxyl groups excluding tert-OH is 2. The molecule has 3 rings (SSSR count). The Morgan fingerprint density at radius 3 is 2.35 bits per heavy atom. The molecule has 1 aromatic rings. The van der Waals surface area contributed by atoms with E-state index in [1.165, 1.54) is 37.8 Å². The van der Waals surface area contributed by atoms with E-state index in [1.54, 1.807) is 0 Å². The van der Waals surface area contributed by atoms with Gasteiger partial charge < -0.3 is 15.5 Å². The molecule has 2 unspecified atom stereocenters. The predicted molar refractivity (Wildman–Crippen MR) is 94.2 cm³/mol. The minimum absolute atomic E-state index is 0.339. The summed E-state index contributed by atoms with van der Waals surface area (Å²) in [5.41, 5.74) is 1.37. The number of benzene rings is 1. The van der Waals surface area contributed by atoms with Gasteiger partial charge in [-0.1, -0.05) is 30.3 Å². The summed E-state index contributed by atoms with van der Waals surface area (Å²) >= 11 is 0. The van der Waals surface area contributed by atoms with E-state index in [0.29, 0.717) is 25.0 Å². The van der Waals surface area contributed by atoms with E-state index in [4.69, 9.17) is 10.2 Å². The van der Waals surface area contributed by atoms with Gasteiger partial charge >= 0.3 is 0 Å². The average Bonchev–Trinajstić information content (AvgIpc) is 2.64. The number of rotatable bonds is 4. The molecule has 2 saturated heterocycles. The summed E-state index contributed by atoms with van der Waals surface area (Å²) in [5, 5.41) is 21.0. The molecule has 4 nitrogen and oxygen atoms in total. The largest absolute Gasteiger partial charge is 0.396 e. The molecule has 2 heterocycles. The van der Waals surface area contributed by atoms with E-state index >= 15 is 0 Å². The summed E-state index contributed by atoms with van der Waals surface area (Å²) in [6.45, 7) is 6.08. The minimum Gasteiger partial charge on any atom is -0.396 e. The summed E-state index contributed by atoms with van der Waals surface area (Å²) in [6, 6.07) is 10.6. The van der Waals surface area contributed by atoms with Crippen molar-refractivity contribution in [3.8, 4) is 0 Å². The fraction of sp³-hybridized carbons (Fsp3) is 0.684. The van der Waals surface area contributed by atoms with Gasteiger partial charge in [-0.15, -0.1) is 0 Å². The number of aliphatic hydroxyl groups is 2. The smallest absolute Gasteiger partial charge is 0.0471 e. The van der Waals surface area contributed by atoms with E-state index in [9.17, 15) is 0 Å². The summed E-state index contributed by atoms with van der Waals surface area (Å²) < 4.78 is 0. The molecule has 2 atom stereocenters. The van der Waals surface area contributed by atoms with Crippen LogP contribution in [-0.4, -0.2) is 54.5 Å².